The Labute approximate surface area is 119 Å². The molecule has 1 saturated carbocycles. The average molecular weight is 284 g/mol. The maximum atomic E-state index is 10.1. The van der Waals surface area contributed by atoms with Crippen molar-refractivity contribution in [2.24, 2.45) is 0 Å². The smallest absolute Gasteiger partial charge is 0.168 e. The molecule has 2 rings (SSSR count). The molecule has 1 heterocycles. The summed E-state index contributed by atoms with van der Waals surface area (Å²) in [5.41, 5.74) is 2.27. The molecule has 1 aromatic rings. The van der Waals surface area contributed by atoms with E-state index in [4.69, 9.17) is 4.74 Å². The number of aliphatic hydroxyl groups is 1. The Balaban J connectivity index is 2.12. The SMILES string of the molecule is COCCn1c(SC2CCCCC2O)nc(C)c1C. The zero-order valence-electron chi connectivity index (χ0n) is 12.1. The van der Waals surface area contributed by atoms with E-state index in [2.05, 4.69) is 16.5 Å². The van der Waals surface area contributed by atoms with Crippen molar-refractivity contribution in [2.45, 2.75) is 62.6 Å². The third-order valence-corrected chi connectivity index (χ3v) is 5.24. The molecule has 0 saturated heterocycles. The Morgan fingerprint density at radius 3 is 2.79 bits per heavy atom. The minimum Gasteiger partial charge on any atom is -0.392 e. The second-order valence-electron chi connectivity index (χ2n) is 5.22. The van der Waals surface area contributed by atoms with E-state index >= 15 is 0 Å². The Hall–Kier alpha value is -0.520. The summed E-state index contributed by atoms with van der Waals surface area (Å²) < 4.78 is 7.38. The fourth-order valence-electron chi connectivity index (χ4n) is 2.51. The lowest BCUT2D eigenvalue weighted by Gasteiger charge is -2.26. The first-order chi connectivity index (χ1) is 9.13. The van der Waals surface area contributed by atoms with Crippen molar-refractivity contribution >= 4 is 11.8 Å². The quantitative estimate of drug-likeness (QED) is 0.902. The van der Waals surface area contributed by atoms with Gasteiger partial charge in [0.25, 0.3) is 0 Å². The van der Waals surface area contributed by atoms with Gasteiger partial charge in [-0.2, -0.15) is 0 Å². The Kier molecular flexibility index (Phi) is 5.30. The fourth-order valence-corrected chi connectivity index (χ4v) is 3.90. The second-order valence-corrected chi connectivity index (χ2v) is 6.42. The molecule has 1 fully saturated rings. The lowest BCUT2D eigenvalue weighted by atomic mass is 9.97. The van der Waals surface area contributed by atoms with Crippen molar-refractivity contribution in [2.75, 3.05) is 13.7 Å². The Morgan fingerprint density at radius 2 is 2.11 bits per heavy atom. The van der Waals surface area contributed by atoms with Crippen LogP contribution in [0.15, 0.2) is 5.16 Å². The topological polar surface area (TPSA) is 47.3 Å². The van der Waals surface area contributed by atoms with Crippen LogP contribution in [-0.4, -0.2) is 39.7 Å². The van der Waals surface area contributed by atoms with Gasteiger partial charge in [-0.1, -0.05) is 24.6 Å². The summed E-state index contributed by atoms with van der Waals surface area (Å²) in [7, 11) is 1.72. The number of hydrogen-bond acceptors (Lipinski definition) is 4. The van der Waals surface area contributed by atoms with Crippen molar-refractivity contribution in [1.29, 1.82) is 0 Å². The number of aryl methyl sites for hydroxylation is 1. The summed E-state index contributed by atoms with van der Waals surface area (Å²) in [6.07, 6.45) is 4.18. The van der Waals surface area contributed by atoms with Gasteiger partial charge in [-0.25, -0.2) is 4.98 Å². The molecular weight excluding hydrogens is 260 g/mol. The molecule has 108 valence electrons. The first-order valence-corrected chi connectivity index (χ1v) is 7.89. The van der Waals surface area contributed by atoms with E-state index in [9.17, 15) is 5.11 Å². The number of thioether (sulfide) groups is 1. The van der Waals surface area contributed by atoms with Crippen LogP contribution in [0.2, 0.25) is 0 Å². The van der Waals surface area contributed by atoms with Crippen LogP contribution in [0.5, 0.6) is 0 Å². The molecule has 0 bridgehead atoms. The normalized spacial score (nSPS) is 23.8. The van der Waals surface area contributed by atoms with Gasteiger partial charge in [0.2, 0.25) is 0 Å². The number of hydrogen-bond donors (Lipinski definition) is 1. The minimum absolute atomic E-state index is 0.188. The van der Waals surface area contributed by atoms with Gasteiger partial charge in [-0.3, -0.25) is 0 Å². The number of imidazole rings is 1. The minimum atomic E-state index is -0.188. The van der Waals surface area contributed by atoms with Gasteiger partial charge in [-0.05, 0) is 26.7 Å². The maximum Gasteiger partial charge on any atom is 0.168 e. The number of aromatic nitrogens is 2. The van der Waals surface area contributed by atoms with E-state index in [1.54, 1.807) is 18.9 Å². The Bertz CT molecular complexity index is 420. The van der Waals surface area contributed by atoms with Gasteiger partial charge in [0.15, 0.2) is 5.16 Å². The van der Waals surface area contributed by atoms with E-state index in [1.807, 2.05) is 6.92 Å². The van der Waals surface area contributed by atoms with E-state index in [0.717, 1.165) is 36.7 Å². The van der Waals surface area contributed by atoms with Gasteiger partial charge in [0, 0.05) is 24.6 Å². The predicted octanol–water partition coefficient (Wildman–Crippen LogP) is 2.54. The van der Waals surface area contributed by atoms with Crippen molar-refractivity contribution in [1.82, 2.24) is 9.55 Å². The first-order valence-electron chi connectivity index (χ1n) is 7.01. The molecular formula is C14H24N2O2S. The number of aliphatic hydroxyl groups excluding tert-OH is 1. The van der Waals surface area contributed by atoms with Crippen LogP contribution in [-0.2, 0) is 11.3 Å². The molecule has 0 aliphatic heterocycles. The molecule has 1 aromatic heterocycles. The molecule has 0 amide bonds. The van der Waals surface area contributed by atoms with Crippen molar-refractivity contribution in [3.63, 3.8) is 0 Å². The highest BCUT2D eigenvalue weighted by atomic mass is 32.2. The molecule has 0 spiro atoms. The zero-order chi connectivity index (χ0) is 13.8. The number of rotatable bonds is 5. The monoisotopic (exact) mass is 284 g/mol. The molecule has 0 aromatic carbocycles. The van der Waals surface area contributed by atoms with Gasteiger partial charge in [0.1, 0.15) is 0 Å². The molecule has 2 unspecified atom stereocenters. The molecule has 1 N–H and O–H groups in total. The molecule has 19 heavy (non-hydrogen) atoms. The summed E-state index contributed by atoms with van der Waals surface area (Å²) >= 11 is 1.73. The summed E-state index contributed by atoms with van der Waals surface area (Å²) in [6.45, 7) is 5.66. The number of methoxy groups -OCH3 is 1. The molecule has 1 aliphatic rings. The second kappa shape index (κ2) is 6.77. The van der Waals surface area contributed by atoms with Crippen LogP contribution in [0.1, 0.15) is 37.1 Å². The predicted molar refractivity (Wildman–Crippen MR) is 77.7 cm³/mol. The van der Waals surface area contributed by atoms with E-state index in [0.29, 0.717) is 6.61 Å². The lowest BCUT2D eigenvalue weighted by Crippen LogP contribution is -2.27. The van der Waals surface area contributed by atoms with E-state index in [1.165, 1.54) is 12.1 Å². The van der Waals surface area contributed by atoms with Crippen molar-refractivity contribution in [3.05, 3.63) is 11.4 Å². The zero-order valence-corrected chi connectivity index (χ0v) is 12.9. The van der Waals surface area contributed by atoms with Crippen LogP contribution in [0.3, 0.4) is 0 Å². The average Bonchev–Trinajstić information content (AvgIpc) is 2.66. The third-order valence-electron chi connectivity index (χ3n) is 3.87. The van der Waals surface area contributed by atoms with Crippen molar-refractivity contribution < 1.29 is 9.84 Å². The highest BCUT2D eigenvalue weighted by molar-refractivity contribution is 7.99. The largest absolute Gasteiger partial charge is 0.392 e. The molecule has 2 atom stereocenters. The standard InChI is InChI=1S/C14H24N2O2S/c1-10-11(2)16(8-9-18-3)14(15-10)19-13-7-5-4-6-12(13)17/h12-13,17H,4-9H2,1-3H3. The Morgan fingerprint density at radius 1 is 1.37 bits per heavy atom. The lowest BCUT2D eigenvalue weighted by molar-refractivity contribution is 0.136. The fraction of sp³-hybridized carbons (Fsp3) is 0.786. The molecule has 5 heteroatoms. The van der Waals surface area contributed by atoms with Gasteiger partial charge in [-0.15, -0.1) is 0 Å². The van der Waals surface area contributed by atoms with E-state index in [-0.39, 0.29) is 11.4 Å². The van der Waals surface area contributed by atoms with Crippen LogP contribution in [0, 0.1) is 13.8 Å². The molecule has 4 nitrogen and oxygen atoms in total. The highest BCUT2D eigenvalue weighted by Gasteiger charge is 2.26. The van der Waals surface area contributed by atoms with Gasteiger partial charge < -0.3 is 14.4 Å². The van der Waals surface area contributed by atoms with Crippen LogP contribution >= 0.6 is 11.8 Å². The number of ether oxygens (including phenoxy) is 1. The van der Waals surface area contributed by atoms with Crippen LogP contribution < -0.4 is 0 Å². The molecule has 1 aliphatic carbocycles. The third kappa shape index (κ3) is 3.52. The summed E-state index contributed by atoms with van der Waals surface area (Å²) in [4.78, 5) is 4.65. The van der Waals surface area contributed by atoms with Crippen LogP contribution in [0.25, 0.3) is 0 Å². The molecule has 0 radical (unpaired) electrons. The number of nitrogens with zero attached hydrogens (tertiary/aromatic N) is 2. The summed E-state index contributed by atoms with van der Waals surface area (Å²) in [5.74, 6) is 0. The van der Waals surface area contributed by atoms with Gasteiger partial charge in [0.05, 0.1) is 18.4 Å². The van der Waals surface area contributed by atoms with E-state index < -0.39 is 0 Å². The van der Waals surface area contributed by atoms with Gasteiger partial charge >= 0.3 is 0 Å². The highest BCUT2D eigenvalue weighted by Crippen LogP contribution is 2.34. The summed E-state index contributed by atoms with van der Waals surface area (Å²) in [5, 5.41) is 11.4. The first kappa shape index (κ1) is 14.9. The van der Waals surface area contributed by atoms with Crippen molar-refractivity contribution in [3.8, 4) is 0 Å². The maximum absolute atomic E-state index is 10.1. The van der Waals surface area contributed by atoms with Crippen LogP contribution in [0.4, 0.5) is 0 Å². The summed E-state index contributed by atoms with van der Waals surface area (Å²) in [6, 6.07) is 0.